The summed E-state index contributed by atoms with van der Waals surface area (Å²) >= 11 is 0. The summed E-state index contributed by atoms with van der Waals surface area (Å²) < 4.78 is 0. The molecule has 0 unspecified atom stereocenters. The summed E-state index contributed by atoms with van der Waals surface area (Å²) in [5.74, 6) is 0.927. The number of rotatable bonds is 2. The monoisotopic (exact) mass is 238 g/mol. The van der Waals surface area contributed by atoms with Gasteiger partial charge >= 0.3 is 0 Å². The molecule has 2 fully saturated rings. The summed E-state index contributed by atoms with van der Waals surface area (Å²) in [5.41, 5.74) is 6.55. The third kappa shape index (κ3) is 4.26. The minimum atomic E-state index is 0.495. The van der Waals surface area contributed by atoms with Crippen LogP contribution < -0.4 is 5.73 Å². The Bertz CT molecular complexity index is 229. The first-order valence-electron chi connectivity index (χ1n) is 7.53. The second kappa shape index (κ2) is 5.71. The standard InChI is InChI=1S/C15H30N2/c1-15(2)8-3-10-17(11-9-15)12-13-4-6-14(16)7-5-13/h13-14H,3-12,16H2,1-2H3. The van der Waals surface area contributed by atoms with Gasteiger partial charge in [-0.05, 0) is 69.4 Å². The van der Waals surface area contributed by atoms with Gasteiger partial charge in [0.2, 0.25) is 0 Å². The fourth-order valence-corrected chi connectivity index (χ4v) is 3.40. The van der Waals surface area contributed by atoms with Crippen molar-refractivity contribution in [2.24, 2.45) is 17.1 Å². The van der Waals surface area contributed by atoms with Crippen molar-refractivity contribution < 1.29 is 0 Å². The zero-order valence-corrected chi connectivity index (χ0v) is 11.8. The van der Waals surface area contributed by atoms with Gasteiger partial charge in [0.1, 0.15) is 0 Å². The molecule has 1 saturated heterocycles. The van der Waals surface area contributed by atoms with E-state index in [-0.39, 0.29) is 0 Å². The molecule has 1 heterocycles. The van der Waals surface area contributed by atoms with E-state index in [1.165, 1.54) is 64.6 Å². The van der Waals surface area contributed by atoms with E-state index in [0.29, 0.717) is 11.5 Å². The molecule has 0 radical (unpaired) electrons. The third-order valence-corrected chi connectivity index (χ3v) is 4.84. The fourth-order valence-electron chi connectivity index (χ4n) is 3.40. The lowest BCUT2D eigenvalue weighted by Crippen LogP contribution is -2.35. The first-order chi connectivity index (χ1) is 8.05. The summed E-state index contributed by atoms with van der Waals surface area (Å²) in [4.78, 5) is 2.72. The predicted octanol–water partition coefficient (Wildman–Crippen LogP) is 3.02. The Morgan fingerprint density at radius 1 is 1.06 bits per heavy atom. The molecule has 17 heavy (non-hydrogen) atoms. The summed E-state index contributed by atoms with van der Waals surface area (Å²) in [5, 5.41) is 0. The Kier molecular flexibility index (Phi) is 4.48. The maximum Gasteiger partial charge on any atom is 0.00390 e. The lowest BCUT2D eigenvalue weighted by Gasteiger charge is -2.31. The SMILES string of the molecule is CC1(C)CCCN(CC2CCC(N)CC2)CC1. The Balaban J connectivity index is 1.75. The highest BCUT2D eigenvalue weighted by Crippen LogP contribution is 2.31. The van der Waals surface area contributed by atoms with Crippen molar-refractivity contribution in [1.29, 1.82) is 0 Å². The molecular weight excluding hydrogens is 208 g/mol. The largest absolute Gasteiger partial charge is 0.328 e. The molecule has 0 atom stereocenters. The minimum Gasteiger partial charge on any atom is -0.328 e. The quantitative estimate of drug-likeness (QED) is 0.801. The number of nitrogens with zero attached hydrogens (tertiary/aromatic N) is 1. The van der Waals surface area contributed by atoms with Gasteiger partial charge in [-0.3, -0.25) is 0 Å². The van der Waals surface area contributed by atoms with Gasteiger partial charge < -0.3 is 10.6 Å². The first kappa shape index (κ1) is 13.4. The number of nitrogens with two attached hydrogens (primary N) is 1. The second-order valence-corrected chi connectivity index (χ2v) is 7.10. The number of hydrogen-bond acceptors (Lipinski definition) is 2. The van der Waals surface area contributed by atoms with Crippen LogP contribution in [0.5, 0.6) is 0 Å². The smallest absolute Gasteiger partial charge is 0.00390 e. The first-order valence-corrected chi connectivity index (χ1v) is 7.53. The molecule has 0 bridgehead atoms. The molecule has 2 aliphatic rings. The summed E-state index contributed by atoms with van der Waals surface area (Å²) in [7, 11) is 0. The van der Waals surface area contributed by atoms with E-state index in [1.807, 2.05) is 0 Å². The summed E-state index contributed by atoms with van der Waals surface area (Å²) in [6, 6.07) is 0.495. The molecule has 2 nitrogen and oxygen atoms in total. The predicted molar refractivity (Wildman–Crippen MR) is 74.0 cm³/mol. The summed E-state index contributed by atoms with van der Waals surface area (Å²) in [6.45, 7) is 8.83. The van der Waals surface area contributed by atoms with Crippen molar-refractivity contribution in [2.75, 3.05) is 19.6 Å². The van der Waals surface area contributed by atoms with E-state index < -0.39 is 0 Å². The van der Waals surface area contributed by atoms with Crippen LogP contribution in [0.15, 0.2) is 0 Å². The van der Waals surface area contributed by atoms with Crippen molar-refractivity contribution in [3.63, 3.8) is 0 Å². The second-order valence-electron chi connectivity index (χ2n) is 7.10. The molecule has 100 valence electrons. The molecule has 0 amide bonds. The molecule has 2 rings (SSSR count). The van der Waals surface area contributed by atoms with Crippen LogP contribution in [0.3, 0.4) is 0 Å². The molecule has 0 spiro atoms. The van der Waals surface area contributed by atoms with Crippen LogP contribution in [0.1, 0.15) is 58.8 Å². The van der Waals surface area contributed by atoms with Crippen molar-refractivity contribution in [3.8, 4) is 0 Å². The van der Waals surface area contributed by atoms with Crippen LogP contribution in [-0.4, -0.2) is 30.6 Å². The van der Waals surface area contributed by atoms with Crippen molar-refractivity contribution in [1.82, 2.24) is 4.90 Å². The highest BCUT2D eigenvalue weighted by atomic mass is 15.1. The fraction of sp³-hybridized carbons (Fsp3) is 1.00. The van der Waals surface area contributed by atoms with Crippen molar-refractivity contribution in [2.45, 2.75) is 64.8 Å². The number of hydrogen-bond donors (Lipinski definition) is 1. The van der Waals surface area contributed by atoms with Crippen molar-refractivity contribution >= 4 is 0 Å². The molecule has 2 N–H and O–H groups in total. The molecule has 1 saturated carbocycles. The molecule has 0 aromatic rings. The Labute approximate surface area is 107 Å². The van der Waals surface area contributed by atoms with Gasteiger partial charge in [0.05, 0.1) is 0 Å². The molecule has 0 aromatic heterocycles. The highest BCUT2D eigenvalue weighted by Gasteiger charge is 2.25. The van der Waals surface area contributed by atoms with Gasteiger partial charge in [-0.2, -0.15) is 0 Å². The van der Waals surface area contributed by atoms with Gasteiger partial charge in [0.15, 0.2) is 0 Å². The van der Waals surface area contributed by atoms with E-state index in [0.717, 1.165) is 5.92 Å². The zero-order valence-electron chi connectivity index (χ0n) is 11.8. The molecule has 2 heteroatoms. The molecular formula is C15H30N2. The lowest BCUT2D eigenvalue weighted by molar-refractivity contribution is 0.193. The topological polar surface area (TPSA) is 29.3 Å². The van der Waals surface area contributed by atoms with E-state index in [2.05, 4.69) is 18.7 Å². The normalized spacial score (nSPS) is 35.5. The van der Waals surface area contributed by atoms with Crippen LogP contribution in [0, 0.1) is 11.3 Å². The van der Waals surface area contributed by atoms with Crippen LogP contribution in [-0.2, 0) is 0 Å². The zero-order chi connectivity index (χ0) is 12.3. The average Bonchev–Trinajstić information content (AvgIpc) is 2.44. The average molecular weight is 238 g/mol. The van der Waals surface area contributed by atoms with Crippen LogP contribution in [0.2, 0.25) is 0 Å². The third-order valence-electron chi connectivity index (χ3n) is 4.84. The van der Waals surface area contributed by atoms with Crippen LogP contribution in [0.25, 0.3) is 0 Å². The van der Waals surface area contributed by atoms with Gasteiger partial charge in [0.25, 0.3) is 0 Å². The Morgan fingerprint density at radius 2 is 1.76 bits per heavy atom. The van der Waals surface area contributed by atoms with Crippen LogP contribution in [0.4, 0.5) is 0 Å². The van der Waals surface area contributed by atoms with Gasteiger partial charge in [-0.1, -0.05) is 13.8 Å². The van der Waals surface area contributed by atoms with Crippen LogP contribution >= 0.6 is 0 Å². The van der Waals surface area contributed by atoms with Gasteiger partial charge in [-0.25, -0.2) is 0 Å². The maximum absolute atomic E-state index is 5.98. The lowest BCUT2D eigenvalue weighted by atomic mass is 9.85. The highest BCUT2D eigenvalue weighted by molar-refractivity contribution is 4.80. The maximum atomic E-state index is 5.98. The van der Waals surface area contributed by atoms with E-state index in [1.54, 1.807) is 0 Å². The molecule has 1 aliphatic heterocycles. The van der Waals surface area contributed by atoms with E-state index in [4.69, 9.17) is 5.73 Å². The molecule has 1 aliphatic carbocycles. The Hall–Kier alpha value is -0.0800. The summed E-state index contributed by atoms with van der Waals surface area (Å²) in [6.07, 6.45) is 9.40. The Morgan fingerprint density at radius 3 is 2.47 bits per heavy atom. The molecule has 0 aromatic carbocycles. The van der Waals surface area contributed by atoms with E-state index >= 15 is 0 Å². The van der Waals surface area contributed by atoms with Gasteiger partial charge in [0, 0.05) is 12.6 Å². The minimum absolute atomic E-state index is 0.495. The van der Waals surface area contributed by atoms with E-state index in [9.17, 15) is 0 Å². The van der Waals surface area contributed by atoms with Crippen molar-refractivity contribution in [3.05, 3.63) is 0 Å². The number of likely N-dealkylation sites (tertiary alicyclic amines) is 1. The van der Waals surface area contributed by atoms with Gasteiger partial charge in [-0.15, -0.1) is 0 Å².